The highest BCUT2D eigenvalue weighted by atomic mass is 35.5. The fourth-order valence-electron chi connectivity index (χ4n) is 3.78. The van der Waals surface area contributed by atoms with E-state index >= 15 is 0 Å². The van der Waals surface area contributed by atoms with Gasteiger partial charge in [0.15, 0.2) is 0 Å². The lowest BCUT2D eigenvalue weighted by Gasteiger charge is -2.33. The number of anilines is 1. The van der Waals surface area contributed by atoms with E-state index < -0.39 is 34.1 Å². The van der Waals surface area contributed by atoms with Crippen molar-refractivity contribution in [1.82, 2.24) is 10.2 Å². The van der Waals surface area contributed by atoms with Crippen LogP contribution in [-0.2, 0) is 26.2 Å². The van der Waals surface area contributed by atoms with Crippen molar-refractivity contribution < 1.29 is 18.0 Å². The molecule has 7 nitrogen and oxygen atoms in total. The lowest BCUT2D eigenvalue weighted by Crippen LogP contribution is -2.54. The van der Waals surface area contributed by atoms with Gasteiger partial charge in [0.1, 0.15) is 12.6 Å². The molecule has 1 unspecified atom stereocenters. The monoisotopic (exact) mass is 575 g/mol. The Morgan fingerprint density at radius 1 is 0.921 bits per heavy atom. The Morgan fingerprint density at radius 2 is 1.55 bits per heavy atom. The number of benzene rings is 3. The van der Waals surface area contributed by atoms with E-state index in [0.717, 1.165) is 4.31 Å². The number of amides is 2. The molecule has 0 aliphatic heterocycles. The first kappa shape index (κ1) is 29.5. The maximum absolute atomic E-state index is 13.9. The van der Waals surface area contributed by atoms with Gasteiger partial charge in [-0.2, -0.15) is 0 Å². The molecular weight excluding hydrogens is 545 g/mol. The third-order valence-electron chi connectivity index (χ3n) is 5.64. The highest BCUT2D eigenvalue weighted by Crippen LogP contribution is 2.30. The van der Waals surface area contributed by atoms with E-state index in [9.17, 15) is 18.0 Å². The lowest BCUT2D eigenvalue weighted by molar-refractivity contribution is -0.140. The van der Waals surface area contributed by atoms with Crippen LogP contribution < -0.4 is 9.62 Å². The summed E-state index contributed by atoms with van der Waals surface area (Å²) in [6.07, 6.45) is 0. The Hall–Kier alpha value is -3.07. The molecule has 3 rings (SSSR count). The van der Waals surface area contributed by atoms with E-state index in [-0.39, 0.29) is 28.1 Å². The molecule has 1 N–H and O–H groups in total. The van der Waals surface area contributed by atoms with Crippen molar-refractivity contribution in [2.45, 2.75) is 50.7 Å². The average Bonchev–Trinajstić information content (AvgIpc) is 2.85. The van der Waals surface area contributed by atoms with Gasteiger partial charge in [-0.15, -0.1) is 0 Å². The second kappa shape index (κ2) is 12.2. The SMILES string of the molecule is CC(C(=O)NC(C)(C)C)N(Cc1cccc(Cl)c1)C(=O)CN(c1ccccc1Cl)S(=O)(=O)c1ccccc1. The summed E-state index contributed by atoms with van der Waals surface area (Å²) in [6, 6.07) is 20.2. The second-order valence-corrected chi connectivity index (χ2v) is 12.5. The van der Waals surface area contributed by atoms with E-state index in [1.165, 1.54) is 23.1 Å². The summed E-state index contributed by atoms with van der Waals surface area (Å²) in [5.41, 5.74) is 0.313. The highest BCUT2D eigenvalue weighted by Gasteiger charge is 2.34. The molecule has 0 spiro atoms. The van der Waals surface area contributed by atoms with Crippen molar-refractivity contribution in [2.24, 2.45) is 0 Å². The smallest absolute Gasteiger partial charge is 0.264 e. The van der Waals surface area contributed by atoms with Crippen LogP contribution in [0.2, 0.25) is 10.0 Å². The molecule has 1 atom stereocenters. The van der Waals surface area contributed by atoms with E-state index in [1.54, 1.807) is 67.6 Å². The minimum atomic E-state index is -4.18. The number of nitrogens with zero attached hydrogens (tertiary/aromatic N) is 2. The van der Waals surface area contributed by atoms with Crippen molar-refractivity contribution >= 4 is 50.7 Å². The van der Waals surface area contributed by atoms with E-state index in [0.29, 0.717) is 10.6 Å². The third-order valence-corrected chi connectivity index (χ3v) is 7.97. The lowest BCUT2D eigenvalue weighted by atomic mass is 10.1. The summed E-state index contributed by atoms with van der Waals surface area (Å²) in [6.45, 7) is 6.59. The first-order valence-corrected chi connectivity index (χ1v) is 14.2. The molecule has 0 fully saturated rings. The van der Waals surface area contributed by atoms with Crippen molar-refractivity contribution in [3.8, 4) is 0 Å². The molecule has 0 radical (unpaired) electrons. The number of rotatable bonds is 9. The summed E-state index contributed by atoms with van der Waals surface area (Å²) < 4.78 is 28.5. The average molecular weight is 577 g/mol. The maximum atomic E-state index is 13.9. The van der Waals surface area contributed by atoms with Gasteiger partial charge >= 0.3 is 0 Å². The molecule has 0 bridgehead atoms. The largest absolute Gasteiger partial charge is 0.350 e. The zero-order chi connectivity index (χ0) is 28.1. The number of nitrogens with one attached hydrogen (secondary N) is 1. The number of carbonyl (C=O) groups excluding carboxylic acids is 2. The van der Waals surface area contributed by atoms with Crippen molar-refractivity contribution in [2.75, 3.05) is 10.8 Å². The number of para-hydroxylation sites is 1. The van der Waals surface area contributed by atoms with Crippen molar-refractivity contribution in [1.29, 1.82) is 0 Å². The number of hydrogen-bond acceptors (Lipinski definition) is 4. The van der Waals surface area contributed by atoms with Crippen LogP contribution in [0.15, 0.2) is 83.8 Å². The van der Waals surface area contributed by atoms with Crippen LogP contribution in [0, 0.1) is 0 Å². The first-order chi connectivity index (χ1) is 17.8. The minimum absolute atomic E-state index is 0.00707. The summed E-state index contributed by atoms with van der Waals surface area (Å²) in [5.74, 6) is -0.955. The zero-order valence-electron chi connectivity index (χ0n) is 21.7. The summed E-state index contributed by atoms with van der Waals surface area (Å²) in [4.78, 5) is 28.3. The predicted octanol–water partition coefficient (Wildman–Crippen LogP) is 5.52. The van der Waals surface area contributed by atoms with Gasteiger partial charge in [-0.3, -0.25) is 13.9 Å². The Kier molecular flexibility index (Phi) is 9.46. The zero-order valence-corrected chi connectivity index (χ0v) is 24.0. The van der Waals surface area contributed by atoms with Crippen LogP contribution in [0.3, 0.4) is 0 Å². The van der Waals surface area contributed by atoms with Crippen LogP contribution in [0.4, 0.5) is 5.69 Å². The van der Waals surface area contributed by atoms with Gasteiger partial charge in [0.2, 0.25) is 11.8 Å². The Bertz CT molecular complexity index is 1390. The summed E-state index contributed by atoms with van der Waals surface area (Å²) in [7, 11) is -4.18. The van der Waals surface area contributed by atoms with E-state index in [2.05, 4.69) is 5.32 Å². The van der Waals surface area contributed by atoms with Gasteiger partial charge in [-0.05, 0) is 69.7 Å². The highest BCUT2D eigenvalue weighted by molar-refractivity contribution is 7.92. The second-order valence-electron chi connectivity index (χ2n) is 9.84. The van der Waals surface area contributed by atoms with Crippen LogP contribution in [0.1, 0.15) is 33.3 Å². The van der Waals surface area contributed by atoms with E-state index in [4.69, 9.17) is 23.2 Å². The van der Waals surface area contributed by atoms with Crippen LogP contribution >= 0.6 is 23.2 Å². The van der Waals surface area contributed by atoms with Gasteiger partial charge in [-0.25, -0.2) is 8.42 Å². The van der Waals surface area contributed by atoms with Gasteiger partial charge in [-0.1, -0.05) is 65.7 Å². The molecule has 0 saturated carbocycles. The van der Waals surface area contributed by atoms with Crippen LogP contribution in [0.5, 0.6) is 0 Å². The fourth-order valence-corrected chi connectivity index (χ4v) is 5.73. The molecule has 3 aromatic carbocycles. The Labute approximate surface area is 234 Å². The molecule has 38 heavy (non-hydrogen) atoms. The van der Waals surface area contributed by atoms with Gasteiger partial charge in [0.25, 0.3) is 10.0 Å². The standard InChI is InChI=1S/C28H31Cl2N3O4S/c1-20(27(35)31-28(2,3)4)32(18-21-11-10-12-22(29)17-21)26(34)19-33(25-16-9-8-15-24(25)30)38(36,37)23-13-6-5-7-14-23/h5-17,20H,18-19H2,1-4H3,(H,31,35). The number of hydrogen-bond donors (Lipinski definition) is 1. The maximum Gasteiger partial charge on any atom is 0.264 e. The quantitative estimate of drug-likeness (QED) is 0.364. The molecule has 0 aliphatic carbocycles. The number of sulfonamides is 1. The normalized spacial score (nSPS) is 12.5. The predicted molar refractivity (Wildman–Crippen MR) is 152 cm³/mol. The summed E-state index contributed by atoms with van der Waals surface area (Å²) in [5, 5.41) is 3.53. The molecule has 0 aromatic heterocycles. The topological polar surface area (TPSA) is 86.8 Å². The molecular formula is C28H31Cl2N3O4S. The molecule has 0 saturated heterocycles. The van der Waals surface area contributed by atoms with E-state index in [1.807, 2.05) is 20.8 Å². The van der Waals surface area contributed by atoms with Gasteiger partial charge in [0, 0.05) is 17.1 Å². The Balaban J connectivity index is 2.04. The molecule has 2 amide bonds. The molecule has 202 valence electrons. The van der Waals surface area contributed by atoms with Gasteiger partial charge < -0.3 is 10.2 Å². The first-order valence-electron chi connectivity index (χ1n) is 12.0. The molecule has 0 aliphatic rings. The van der Waals surface area contributed by atoms with Crippen molar-refractivity contribution in [3.63, 3.8) is 0 Å². The number of carbonyl (C=O) groups is 2. The molecule has 10 heteroatoms. The Morgan fingerprint density at radius 3 is 2.16 bits per heavy atom. The van der Waals surface area contributed by atoms with Gasteiger partial charge in [0.05, 0.1) is 15.6 Å². The third kappa shape index (κ3) is 7.49. The molecule has 3 aromatic rings. The van der Waals surface area contributed by atoms with Crippen LogP contribution in [-0.4, -0.2) is 43.3 Å². The fraction of sp³-hybridized carbons (Fsp3) is 0.286. The number of halogens is 2. The van der Waals surface area contributed by atoms with Crippen molar-refractivity contribution in [3.05, 3.63) is 94.5 Å². The van der Waals surface area contributed by atoms with Crippen LogP contribution in [0.25, 0.3) is 0 Å². The summed E-state index contributed by atoms with van der Waals surface area (Å²) >= 11 is 12.6. The molecule has 0 heterocycles. The minimum Gasteiger partial charge on any atom is -0.350 e.